The largest absolute Gasteiger partial charge is 0.623 e. The van der Waals surface area contributed by atoms with E-state index < -0.39 is 20.3 Å². The average molecular weight is 308 g/mol. The van der Waals surface area contributed by atoms with Crippen molar-refractivity contribution in [1.82, 2.24) is 0 Å². The summed E-state index contributed by atoms with van der Waals surface area (Å²) in [7, 11) is -2.68. The lowest BCUT2D eigenvalue weighted by Crippen LogP contribution is -3.06. The Kier molecular flexibility index (Phi) is 4.32. The quantitative estimate of drug-likeness (QED) is 0.374. The molecule has 8 heteroatoms. The number of nitro benzene ring substituents is 1. The van der Waals surface area contributed by atoms with Crippen molar-refractivity contribution in [3.63, 3.8) is 0 Å². The molecule has 0 aromatic heterocycles. The second-order valence-corrected chi connectivity index (χ2v) is 5.42. The number of benzene rings is 1. The molecule has 0 saturated heterocycles. The zero-order valence-electron chi connectivity index (χ0n) is 11.1. The van der Waals surface area contributed by atoms with E-state index >= 15 is 0 Å². The first-order valence-corrected chi connectivity index (χ1v) is 7.09. The van der Waals surface area contributed by atoms with Gasteiger partial charge in [-0.2, -0.15) is 8.42 Å². The fourth-order valence-electron chi connectivity index (χ4n) is 2.13. The molecule has 1 aliphatic heterocycles. The van der Waals surface area contributed by atoms with Gasteiger partial charge in [-0.15, -0.1) is 0 Å². The third kappa shape index (κ3) is 3.24. The van der Waals surface area contributed by atoms with Gasteiger partial charge in [0.15, 0.2) is 0 Å². The van der Waals surface area contributed by atoms with Crippen LogP contribution in [0.4, 0.5) is 5.69 Å². The summed E-state index contributed by atoms with van der Waals surface area (Å²) in [6.07, 6.45) is 4.09. The van der Waals surface area contributed by atoms with Gasteiger partial charge in [-0.1, -0.05) is 11.6 Å². The molecular weight excluding hydrogens is 296 g/mol. The number of allylic oxidation sites excluding steroid dienone is 2. The number of hydrogen-bond donors (Lipinski definition) is 1. The molecule has 1 aromatic carbocycles. The molecule has 0 spiro atoms. The van der Waals surface area contributed by atoms with Crippen molar-refractivity contribution in [2.45, 2.75) is 13.3 Å². The molecule has 1 N–H and O–H groups in total. The van der Waals surface area contributed by atoms with E-state index in [1.807, 2.05) is 0 Å². The van der Waals surface area contributed by atoms with Gasteiger partial charge < -0.3 is 10.3 Å². The van der Waals surface area contributed by atoms with Crippen LogP contribution in [0.25, 0.3) is 0 Å². The Labute approximate surface area is 122 Å². The van der Waals surface area contributed by atoms with Gasteiger partial charge in [0.2, 0.25) is 0 Å². The van der Waals surface area contributed by atoms with E-state index in [0.717, 1.165) is 11.8 Å². The number of quaternary nitrogens is 1. The van der Waals surface area contributed by atoms with E-state index in [-0.39, 0.29) is 22.7 Å². The van der Waals surface area contributed by atoms with Crippen LogP contribution in [0.3, 0.4) is 0 Å². The fourth-order valence-corrected chi connectivity index (χ4v) is 2.72. The van der Waals surface area contributed by atoms with E-state index in [4.69, 9.17) is 0 Å². The van der Waals surface area contributed by atoms with Crippen molar-refractivity contribution < 1.29 is 18.4 Å². The monoisotopic (exact) mass is 308 g/mol. The first kappa shape index (κ1) is 15.1. The summed E-state index contributed by atoms with van der Waals surface area (Å²) in [5.74, 6) is 0. The first-order chi connectivity index (χ1) is 9.90. The summed E-state index contributed by atoms with van der Waals surface area (Å²) in [4.78, 5) is 10.2. The Morgan fingerprint density at radius 1 is 1.33 bits per heavy atom. The lowest BCUT2D eigenvalue weighted by Gasteiger charge is -2.21. The molecule has 110 valence electrons. The first-order valence-electron chi connectivity index (χ1n) is 6.02. The Balaban J connectivity index is 2.49. The summed E-state index contributed by atoms with van der Waals surface area (Å²) < 4.78 is 22.4. The van der Waals surface area contributed by atoms with Crippen LogP contribution in [-0.2, 0) is 16.7 Å². The molecule has 0 bridgehead atoms. The van der Waals surface area contributed by atoms with E-state index in [1.54, 1.807) is 19.1 Å². The van der Waals surface area contributed by atoms with Crippen LogP contribution < -0.4 is 5.06 Å². The van der Waals surface area contributed by atoms with Crippen molar-refractivity contribution in [2.75, 3.05) is 0 Å². The van der Waals surface area contributed by atoms with Gasteiger partial charge in [0, 0.05) is 23.6 Å². The number of rotatable bonds is 3. The van der Waals surface area contributed by atoms with E-state index in [2.05, 4.69) is 0 Å². The second-order valence-electron chi connectivity index (χ2n) is 4.55. The lowest BCUT2D eigenvalue weighted by molar-refractivity contribution is -0.680. The Hall–Kier alpha value is -2.29. The number of hydroxylamine groups is 2. The maximum Gasteiger partial charge on any atom is 0.277 e. The topological polar surface area (TPSA) is 105 Å². The molecule has 21 heavy (non-hydrogen) atoms. The number of hydrogen-bond acceptors (Lipinski definition) is 5. The molecule has 1 aromatic rings. The van der Waals surface area contributed by atoms with Crippen LogP contribution in [0.1, 0.15) is 11.1 Å². The minimum Gasteiger partial charge on any atom is -0.623 e. The summed E-state index contributed by atoms with van der Waals surface area (Å²) >= 11 is 0. The predicted molar refractivity (Wildman–Crippen MR) is 77.0 cm³/mol. The number of nitro groups is 1. The zero-order valence-corrected chi connectivity index (χ0v) is 11.9. The lowest BCUT2D eigenvalue weighted by atomic mass is 10.00. The van der Waals surface area contributed by atoms with Crippen molar-refractivity contribution in [1.29, 1.82) is 0 Å². The van der Waals surface area contributed by atoms with Crippen LogP contribution >= 0.6 is 0 Å². The van der Waals surface area contributed by atoms with Crippen LogP contribution in [0.5, 0.6) is 0 Å². The highest BCUT2D eigenvalue weighted by Crippen LogP contribution is 2.23. The van der Waals surface area contributed by atoms with Crippen LogP contribution in [0.15, 0.2) is 42.1 Å². The third-order valence-corrected chi connectivity index (χ3v) is 3.84. The SMILES string of the molecule is Cc1ccc([N+](=O)[O-])c(CC2=CC=C[NH+]([O-])C2=S(=O)=O)c1. The highest BCUT2D eigenvalue weighted by atomic mass is 32.2. The Bertz CT molecular complexity index is 785. The Morgan fingerprint density at radius 2 is 2.05 bits per heavy atom. The predicted octanol–water partition coefficient (Wildman–Crippen LogP) is 0.291. The Morgan fingerprint density at radius 3 is 2.67 bits per heavy atom. The van der Waals surface area contributed by atoms with Crippen LogP contribution in [0, 0.1) is 22.2 Å². The average Bonchev–Trinajstić information content (AvgIpc) is 2.37. The standard InChI is InChI=1S/C13H12N2O5S/c1-9-4-5-12(15(17)18)11(7-9)8-10-3-2-6-14(16)13(10)21(19)20/h2-7,14H,8H2,1H3. The number of aryl methyl sites for hydroxylation is 1. The highest BCUT2D eigenvalue weighted by molar-refractivity contribution is 7.72. The number of nitrogens with one attached hydrogen (secondary N) is 1. The van der Waals surface area contributed by atoms with Gasteiger partial charge in [0.1, 0.15) is 6.20 Å². The van der Waals surface area contributed by atoms with Gasteiger partial charge in [0.05, 0.1) is 4.92 Å². The minimum absolute atomic E-state index is 0.0113. The van der Waals surface area contributed by atoms with Gasteiger partial charge in [0.25, 0.3) is 21.0 Å². The van der Waals surface area contributed by atoms with E-state index in [0.29, 0.717) is 5.56 Å². The number of nitrogens with zero attached hydrogens (tertiary/aromatic N) is 1. The molecule has 0 amide bonds. The maximum atomic E-state index is 11.6. The van der Waals surface area contributed by atoms with Crippen LogP contribution in [0.2, 0.25) is 0 Å². The van der Waals surface area contributed by atoms with Crippen molar-refractivity contribution >= 4 is 21.0 Å². The smallest absolute Gasteiger partial charge is 0.277 e. The van der Waals surface area contributed by atoms with Crippen LogP contribution in [-0.4, -0.2) is 18.3 Å². The second kappa shape index (κ2) is 6.00. The van der Waals surface area contributed by atoms with E-state index in [9.17, 15) is 23.7 Å². The molecule has 1 unspecified atom stereocenters. The van der Waals surface area contributed by atoms with Gasteiger partial charge in [-0.05, 0) is 25.1 Å². The molecule has 1 aliphatic rings. The minimum atomic E-state index is -2.68. The molecule has 1 atom stereocenters. The van der Waals surface area contributed by atoms with Crippen molar-refractivity contribution in [2.24, 2.45) is 0 Å². The van der Waals surface area contributed by atoms with Crippen molar-refractivity contribution in [3.05, 3.63) is 68.6 Å². The normalized spacial score (nSPS) is 17.5. The summed E-state index contributed by atoms with van der Waals surface area (Å²) in [6.45, 7) is 1.78. The summed E-state index contributed by atoms with van der Waals surface area (Å²) in [5.41, 5.74) is 1.35. The molecule has 2 rings (SSSR count). The molecule has 7 nitrogen and oxygen atoms in total. The maximum absolute atomic E-state index is 11.6. The summed E-state index contributed by atoms with van der Waals surface area (Å²) in [5, 5.41) is 22.0. The molecule has 0 fully saturated rings. The summed E-state index contributed by atoms with van der Waals surface area (Å²) in [6, 6.07) is 4.60. The van der Waals surface area contributed by atoms with Gasteiger partial charge >= 0.3 is 0 Å². The van der Waals surface area contributed by atoms with Crippen molar-refractivity contribution in [3.8, 4) is 0 Å². The van der Waals surface area contributed by atoms with Gasteiger partial charge in [-0.25, -0.2) is 0 Å². The zero-order chi connectivity index (χ0) is 15.6. The van der Waals surface area contributed by atoms with E-state index in [1.165, 1.54) is 18.2 Å². The molecule has 0 radical (unpaired) electrons. The fraction of sp³-hybridized carbons (Fsp3) is 0.154. The molecule has 0 aliphatic carbocycles. The highest BCUT2D eigenvalue weighted by Gasteiger charge is 2.22. The molecule has 0 saturated carbocycles. The third-order valence-electron chi connectivity index (χ3n) is 3.04. The molecular formula is C13H12N2O5S. The van der Waals surface area contributed by atoms with Gasteiger partial charge in [-0.3, -0.25) is 10.1 Å². The molecule has 1 heterocycles.